The van der Waals surface area contributed by atoms with Crippen molar-refractivity contribution in [3.05, 3.63) is 59.2 Å². The van der Waals surface area contributed by atoms with Crippen LogP contribution in [0.1, 0.15) is 10.4 Å². The van der Waals surface area contributed by atoms with Crippen LogP contribution in [0.15, 0.2) is 30.3 Å². The molecular weight excluding hydrogens is 272 g/mol. The minimum atomic E-state index is -1.86. The summed E-state index contributed by atoms with van der Waals surface area (Å²) < 4.78 is 54.2. The number of aldehydes is 1. The first kappa shape index (κ1) is 12.6. The first-order valence-corrected chi connectivity index (χ1v) is 5.69. The van der Waals surface area contributed by atoms with Gasteiger partial charge in [0.25, 0.3) is 0 Å². The Labute approximate surface area is 110 Å². The second-order valence-electron chi connectivity index (χ2n) is 4.30. The van der Waals surface area contributed by atoms with Crippen molar-refractivity contribution in [2.45, 2.75) is 0 Å². The van der Waals surface area contributed by atoms with Crippen LogP contribution in [0.2, 0.25) is 0 Å². The zero-order valence-electron chi connectivity index (χ0n) is 9.88. The van der Waals surface area contributed by atoms with Crippen LogP contribution in [0.25, 0.3) is 21.5 Å². The Bertz CT molecular complexity index is 871. The molecule has 0 aromatic heterocycles. The lowest BCUT2D eigenvalue weighted by Gasteiger charge is -2.09. The molecule has 0 aliphatic heterocycles. The van der Waals surface area contributed by atoms with Crippen LogP contribution >= 0.6 is 0 Å². The zero-order chi connectivity index (χ0) is 14.4. The fourth-order valence-corrected chi connectivity index (χ4v) is 2.32. The van der Waals surface area contributed by atoms with Crippen LogP contribution in [0.4, 0.5) is 17.6 Å². The van der Waals surface area contributed by atoms with Crippen molar-refractivity contribution in [2.24, 2.45) is 0 Å². The van der Waals surface area contributed by atoms with Gasteiger partial charge in [0.1, 0.15) is 0 Å². The zero-order valence-corrected chi connectivity index (χ0v) is 9.88. The van der Waals surface area contributed by atoms with Gasteiger partial charge in [-0.3, -0.25) is 4.79 Å². The molecule has 5 heteroatoms. The molecular formula is C15H6F4O. The number of benzene rings is 3. The highest BCUT2D eigenvalue weighted by Crippen LogP contribution is 2.33. The molecule has 0 saturated heterocycles. The molecule has 0 amide bonds. The van der Waals surface area contributed by atoms with Crippen LogP contribution < -0.4 is 0 Å². The first-order chi connectivity index (χ1) is 9.56. The summed E-state index contributed by atoms with van der Waals surface area (Å²) in [6, 6.07) is 6.89. The fraction of sp³-hybridized carbons (Fsp3) is 0. The third-order valence-electron chi connectivity index (χ3n) is 3.26. The number of carbonyl (C=O) groups is 1. The van der Waals surface area contributed by atoms with E-state index in [2.05, 4.69) is 0 Å². The van der Waals surface area contributed by atoms with Gasteiger partial charge < -0.3 is 0 Å². The van der Waals surface area contributed by atoms with Crippen LogP contribution in [-0.2, 0) is 0 Å². The standard InChI is InChI=1S/C15H6F4O/c16-12-10-5-4-8-7(6-20)2-1-3-9(8)11(10)13(17)15(19)14(12)18/h1-6H. The van der Waals surface area contributed by atoms with E-state index in [1.54, 1.807) is 0 Å². The maximum absolute atomic E-state index is 13.9. The van der Waals surface area contributed by atoms with Gasteiger partial charge in [-0.15, -0.1) is 0 Å². The van der Waals surface area contributed by atoms with E-state index in [-0.39, 0.29) is 21.7 Å². The van der Waals surface area contributed by atoms with Crippen LogP contribution in [0, 0.1) is 23.3 Å². The van der Waals surface area contributed by atoms with E-state index in [9.17, 15) is 22.4 Å². The molecule has 100 valence electrons. The monoisotopic (exact) mass is 278 g/mol. The Morgan fingerprint density at radius 3 is 2.05 bits per heavy atom. The fourth-order valence-electron chi connectivity index (χ4n) is 2.32. The van der Waals surface area contributed by atoms with Crippen LogP contribution in [0.5, 0.6) is 0 Å². The molecule has 0 N–H and O–H groups in total. The maximum atomic E-state index is 13.9. The van der Waals surface area contributed by atoms with Gasteiger partial charge in [-0.25, -0.2) is 17.6 Å². The molecule has 0 unspecified atom stereocenters. The number of fused-ring (bicyclic) bond motifs is 3. The predicted molar refractivity (Wildman–Crippen MR) is 66.7 cm³/mol. The van der Waals surface area contributed by atoms with Gasteiger partial charge in [0.2, 0.25) is 0 Å². The smallest absolute Gasteiger partial charge is 0.198 e. The molecule has 0 saturated carbocycles. The van der Waals surface area contributed by atoms with E-state index in [1.807, 2.05) is 0 Å². The van der Waals surface area contributed by atoms with E-state index in [0.29, 0.717) is 11.7 Å². The molecule has 1 nitrogen and oxygen atoms in total. The summed E-state index contributed by atoms with van der Waals surface area (Å²) in [4.78, 5) is 10.9. The predicted octanol–water partition coefficient (Wildman–Crippen LogP) is 4.36. The molecule has 0 atom stereocenters. The van der Waals surface area contributed by atoms with E-state index >= 15 is 0 Å². The Morgan fingerprint density at radius 2 is 1.35 bits per heavy atom. The third-order valence-corrected chi connectivity index (χ3v) is 3.26. The summed E-state index contributed by atoms with van der Waals surface area (Å²) in [5, 5.41) is -0.235. The Hall–Kier alpha value is -2.43. The first-order valence-electron chi connectivity index (χ1n) is 5.69. The maximum Gasteiger partial charge on any atom is 0.198 e. The van der Waals surface area contributed by atoms with Crippen molar-refractivity contribution < 1.29 is 22.4 Å². The van der Waals surface area contributed by atoms with Crippen molar-refractivity contribution in [3.63, 3.8) is 0 Å². The third kappa shape index (κ3) is 1.52. The molecule has 3 aromatic rings. The number of carbonyl (C=O) groups excluding carboxylic acids is 1. The van der Waals surface area contributed by atoms with Crippen molar-refractivity contribution in [1.82, 2.24) is 0 Å². The molecule has 0 aliphatic carbocycles. The highest BCUT2D eigenvalue weighted by Gasteiger charge is 2.22. The molecule has 3 rings (SSSR count). The van der Waals surface area contributed by atoms with E-state index in [4.69, 9.17) is 0 Å². The molecule has 0 radical (unpaired) electrons. The summed E-state index contributed by atoms with van der Waals surface area (Å²) in [6.07, 6.45) is 0.558. The Morgan fingerprint density at radius 1 is 0.700 bits per heavy atom. The average molecular weight is 278 g/mol. The molecule has 20 heavy (non-hydrogen) atoms. The highest BCUT2D eigenvalue weighted by atomic mass is 19.2. The summed E-state index contributed by atoms with van der Waals surface area (Å²) in [5.41, 5.74) is 0.258. The largest absolute Gasteiger partial charge is 0.298 e. The summed E-state index contributed by atoms with van der Waals surface area (Å²) in [6.45, 7) is 0. The average Bonchev–Trinajstić information content (AvgIpc) is 2.48. The molecule has 3 aromatic carbocycles. The Balaban J connectivity index is 2.65. The summed E-state index contributed by atoms with van der Waals surface area (Å²) in [7, 11) is 0. The number of rotatable bonds is 1. The lowest BCUT2D eigenvalue weighted by Crippen LogP contribution is -1.99. The topological polar surface area (TPSA) is 17.1 Å². The SMILES string of the molecule is O=Cc1cccc2c1ccc1c(F)c(F)c(F)c(F)c12. The van der Waals surface area contributed by atoms with Crippen LogP contribution in [0.3, 0.4) is 0 Å². The Kier molecular flexibility index (Phi) is 2.71. The summed E-state index contributed by atoms with van der Waals surface area (Å²) in [5.74, 6) is -6.62. The quantitative estimate of drug-likeness (QED) is 0.212. The number of hydrogen-bond donors (Lipinski definition) is 0. The van der Waals surface area contributed by atoms with Gasteiger partial charge in [-0.1, -0.05) is 30.3 Å². The van der Waals surface area contributed by atoms with Gasteiger partial charge in [-0.05, 0) is 10.8 Å². The van der Waals surface area contributed by atoms with Crippen molar-refractivity contribution >= 4 is 27.8 Å². The molecule has 0 aliphatic rings. The number of halogens is 4. The van der Waals surface area contributed by atoms with Gasteiger partial charge >= 0.3 is 0 Å². The van der Waals surface area contributed by atoms with Gasteiger partial charge in [0, 0.05) is 16.3 Å². The lowest BCUT2D eigenvalue weighted by atomic mass is 9.98. The van der Waals surface area contributed by atoms with Crippen LogP contribution in [-0.4, -0.2) is 6.29 Å². The van der Waals surface area contributed by atoms with Crippen molar-refractivity contribution in [2.75, 3.05) is 0 Å². The van der Waals surface area contributed by atoms with Gasteiger partial charge in [0.05, 0.1) is 0 Å². The minimum Gasteiger partial charge on any atom is -0.298 e. The second kappa shape index (κ2) is 4.30. The highest BCUT2D eigenvalue weighted by molar-refractivity contribution is 6.12. The number of hydrogen-bond acceptors (Lipinski definition) is 1. The van der Waals surface area contributed by atoms with Crippen molar-refractivity contribution in [3.8, 4) is 0 Å². The second-order valence-corrected chi connectivity index (χ2v) is 4.30. The molecule has 0 bridgehead atoms. The lowest BCUT2D eigenvalue weighted by molar-refractivity contribution is 0.112. The minimum absolute atomic E-state index is 0.155. The van der Waals surface area contributed by atoms with E-state index < -0.39 is 23.3 Å². The van der Waals surface area contributed by atoms with Crippen molar-refractivity contribution in [1.29, 1.82) is 0 Å². The normalized spacial score (nSPS) is 11.2. The van der Waals surface area contributed by atoms with Gasteiger partial charge in [-0.2, -0.15) is 0 Å². The summed E-state index contributed by atoms with van der Waals surface area (Å²) >= 11 is 0. The van der Waals surface area contributed by atoms with E-state index in [1.165, 1.54) is 24.3 Å². The van der Waals surface area contributed by atoms with Gasteiger partial charge in [0.15, 0.2) is 29.6 Å². The molecule has 0 spiro atoms. The molecule has 0 heterocycles. The van der Waals surface area contributed by atoms with E-state index in [0.717, 1.165) is 6.07 Å². The molecule has 0 fully saturated rings.